The van der Waals surface area contributed by atoms with E-state index in [0.29, 0.717) is 16.7 Å². The van der Waals surface area contributed by atoms with Crippen molar-refractivity contribution < 1.29 is 9.53 Å². The maximum absolute atomic E-state index is 12.6. The summed E-state index contributed by atoms with van der Waals surface area (Å²) in [5.74, 6) is 0.992. The van der Waals surface area contributed by atoms with E-state index >= 15 is 0 Å². The SMILES string of the molecule is CCc1ccccc1NC(=O)CSc1nnc(CN2CCOCC2)n1-c1ccc(Cl)cc1. The van der Waals surface area contributed by atoms with Gasteiger partial charge in [-0.15, -0.1) is 10.2 Å². The number of aromatic nitrogens is 3. The van der Waals surface area contributed by atoms with E-state index in [1.54, 1.807) is 0 Å². The Hall–Kier alpha value is -2.39. The van der Waals surface area contributed by atoms with Crippen LogP contribution in [0.15, 0.2) is 53.7 Å². The smallest absolute Gasteiger partial charge is 0.234 e. The highest BCUT2D eigenvalue weighted by atomic mass is 35.5. The number of hydrogen-bond donors (Lipinski definition) is 1. The number of aryl methyl sites for hydroxylation is 1. The summed E-state index contributed by atoms with van der Waals surface area (Å²) in [6.45, 7) is 5.89. The van der Waals surface area contributed by atoms with Gasteiger partial charge in [0, 0.05) is 29.5 Å². The number of thioether (sulfide) groups is 1. The van der Waals surface area contributed by atoms with Crippen LogP contribution in [0.4, 0.5) is 5.69 Å². The number of nitrogens with one attached hydrogen (secondary N) is 1. The Bertz CT molecular complexity index is 1050. The van der Waals surface area contributed by atoms with Gasteiger partial charge in [-0.2, -0.15) is 0 Å². The molecule has 3 aromatic rings. The van der Waals surface area contributed by atoms with E-state index in [9.17, 15) is 4.79 Å². The van der Waals surface area contributed by atoms with Crippen LogP contribution in [0.3, 0.4) is 0 Å². The van der Waals surface area contributed by atoms with Crippen LogP contribution in [-0.2, 0) is 22.5 Å². The molecule has 2 heterocycles. The third-order valence-corrected chi connectivity index (χ3v) is 6.44. The highest BCUT2D eigenvalue weighted by molar-refractivity contribution is 7.99. The summed E-state index contributed by atoms with van der Waals surface area (Å²) in [5, 5.41) is 13.2. The van der Waals surface area contributed by atoms with E-state index in [-0.39, 0.29) is 11.7 Å². The molecule has 1 aliphatic heterocycles. The molecule has 0 bridgehead atoms. The minimum atomic E-state index is -0.0729. The predicted molar refractivity (Wildman–Crippen MR) is 128 cm³/mol. The molecular formula is C23H26ClN5O2S. The van der Waals surface area contributed by atoms with E-state index in [0.717, 1.165) is 55.5 Å². The lowest BCUT2D eigenvalue weighted by atomic mass is 10.1. The number of benzene rings is 2. The number of carbonyl (C=O) groups excluding carboxylic acids is 1. The number of rotatable bonds is 8. The summed E-state index contributed by atoms with van der Waals surface area (Å²) < 4.78 is 7.46. The molecule has 1 saturated heterocycles. The van der Waals surface area contributed by atoms with Crippen molar-refractivity contribution >= 4 is 35.0 Å². The van der Waals surface area contributed by atoms with Gasteiger partial charge < -0.3 is 10.1 Å². The molecule has 168 valence electrons. The molecule has 1 fully saturated rings. The zero-order chi connectivity index (χ0) is 22.3. The quantitative estimate of drug-likeness (QED) is 0.500. The van der Waals surface area contributed by atoms with Crippen molar-refractivity contribution in [3.8, 4) is 5.69 Å². The number of carbonyl (C=O) groups is 1. The lowest BCUT2D eigenvalue weighted by Gasteiger charge is -2.26. The van der Waals surface area contributed by atoms with Crippen molar-refractivity contribution in [3.63, 3.8) is 0 Å². The summed E-state index contributed by atoms with van der Waals surface area (Å²) in [5.41, 5.74) is 2.89. The number of hydrogen-bond acceptors (Lipinski definition) is 6. The van der Waals surface area contributed by atoms with Gasteiger partial charge in [0.15, 0.2) is 11.0 Å². The van der Waals surface area contributed by atoms with Gasteiger partial charge in [-0.05, 0) is 42.3 Å². The predicted octanol–water partition coefficient (Wildman–Crippen LogP) is 4.05. The van der Waals surface area contributed by atoms with Gasteiger partial charge in [0.25, 0.3) is 0 Å². The molecule has 1 aromatic heterocycles. The van der Waals surface area contributed by atoms with Crippen molar-refractivity contribution in [1.82, 2.24) is 19.7 Å². The summed E-state index contributed by atoms with van der Waals surface area (Å²) >= 11 is 7.46. The van der Waals surface area contributed by atoms with Crippen LogP contribution in [-0.4, -0.2) is 57.6 Å². The lowest BCUT2D eigenvalue weighted by molar-refractivity contribution is -0.113. The average Bonchev–Trinajstić information content (AvgIpc) is 3.21. The fraction of sp³-hybridized carbons (Fsp3) is 0.348. The van der Waals surface area contributed by atoms with Crippen LogP contribution in [0.5, 0.6) is 0 Å². The molecule has 0 spiro atoms. The number of halogens is 1. The number of nitrogens with zero attached hydrogens (tertiary/aromatic N) is 4. The minimum absolute atomic E-state index is 0.0729. The van der Waals surface area contributed by atoms with Crippen molar-refractivity contribution in [2.45, 2.75) is 25.0 Å². The van der Waals surface area contributed by atoms with Crippen LogP contribution in [0.2, 0.25) is 5.02 Å². The van der Waals surface area contributed by atoms with Gasteiger partial charge >= 0.3 is 0 Å². The normalized spacial score (nSPS) is 14.4. The summed E-state index contributed by atoms with van der Waals surface area (Å²) in [6.07, 6.45) is 0.861. The molecule has 0 atom stereocenters. The maximum Gasteiger partial charge on any atom is 0.234 e. The second-order valence-corrected chi connectivity index (χ2v) is 8.83. The second-order valence-electron chi connectivity index (χ2n) is 7.45. The fourth-order valence-corrected chi connectivity index (χ4v) is 4.47. The molecule has 2 aromatic carbocycles. The van der Waals surface area contributed by atoms with Gasteiger partial charge in [0.2, 0.25) is 5.91 Å². The first kappa shape index (κ1) is 22.8. The molecule has 9 heteroatoms. The molecular weight excluding hydrogens is 446 g/mol. The van der Waals surface area contributed by atoms with Gasteiger partial charge in [0.1, 0.15) is 0 Å². The minimum Gasteiger partial charge on any atom is -0.379 e. The lowest BCUT2D eigenvalue weighted by Crippen LogP contribution is -2.36. The van der Waals surface area contributed by atoms with Gasteiger partial charge in [-0.3, -0.25) is 14.3 Å². The van der Waals surface area contributed by atoms with Crippen LogP contribution < -0.4 is 5.32 Å². The van der Waals surface area contributed by atoms with Crippen molar-refractivity contribution in [1.29, 1.82) is 0 Å². The largest absolute Gasteiger partial charge is 0.379 e. The topological polar surface area (TPSA) is 72.3 Å². The van der Waals surface area contributed by atoms with Gasteiger partial charge in [-0.25, -0.2) is 0 Å². The zero-order valence-electron chi connectivity index (χ0n) is 18.0. The standard InChI is InChI=1S/C23H26ClN5O2S/c1-2-17-5-3-4-6-20(17)25-22(30)16-32-23-27-26-21(15-28-11-13-31-14-12-28)29(23)19-9-7-18(24)8-10-19/h3-10H,2,11-16H2,1H3,(H,25,30). The third-order valence-electron chi connectivity index (χ3n) is 5.26. The molecule has 0 unspecified atom stereocenters. The van der Waals surface area contributed by atoms with Crippen molar-refractivity contribution in [2.24, 2.45) is 0 Å². The zero-order valence-corrected chi connectivity index (χ0v) is 19.5. The molecule has 7 nitrogen and oxygen atoms in total. The summed E-state index contributed by atoms with van der Waals surface area (Å²) in [7, 11) is 0. The van der Waals surface area contributed by atoms with E-state index < -0.39 is 0 Å². The van der Waals surface area contributed by atoms with Crippen molar-refractivity contribution in [3.05, 3.63) is 64.9 Å². The van der Waals surface area contributed by atoms with Crippen LogP contribution >= 0.6 is 23.4 Å². The molecule has 1 aliphatic rings. The number of amides is 1. The summed E-state index contributed by atoms with van der Waals surface area (Å²) in [6, 6.07) is 15.4. The molecule has 1 N–H and O–H groups in total. The van der Waals surface area contributed by atoms with Crippen LogP contribution in [0.25, 0.3) is 5.69 Å². The maximum atomic E-state index is 12.6. The highest BCUT2D eigenvalue weighted by Crippen LogP contribution is 2.25. The Balaban J connectivity index is 1.51. The highest BCUT2D eigenvalue weighted by Gasteiger charge is 2.20. The van der Waals surface area contributed by atoms with Gasteiger partial charge in [-0.1, -0.05) is 48.5 Å². The van der Waals surface area contributed by atoms with Crippen LogP contribution in [0.1, 0.15) is 18.3 Å². The van der Waals surface area contributed by atoms with Crippen molar-refractivity contribution in [2.75, 3.05) is 37.4 Å². The van der Waals surface area contributed by atoms with Gasteiger partial charge in [0.05, 0.1) is 25.5 Å². The average molecular weight is 472 g/mol. The number of ether oxygens (including phenoxy) is 1. The third kappa shape index (κ3) is 5.69. The Morgan fingerprint density at radius 1 is 1.12 bits per heavy atom. The number of para-hydroxylation sites is 1. The second kappa shape index (κ2) is 11.0. The Morgan fingerprint density at radius 3 is 2.62 bits per heavy atom. The van der Waals surface area contributed by atoms with E-state index in [1.807, 2.05) is 53.1 Å². The fourth-order valence-electron chi connectivity index (χ4n) is 3.57. The Kier molecular flexibility index (Phi) is 7.81. The van der Waals surface area contributed by atoms with E-state index in [4.69, 9.17) is 16.3 Å². The first-order chi connectivity index (χ1) is 15.6. The molecule has 0 radical (unpaired) electrons. The molecule has 0 aliphatic carbocycles. The molecule has 0 saturated carbocycles. The molecule has 32 heavy (non-hydrogen) atoms. The summed E-state index contributed by atoms with van der Waals surface area (Å²) in [4.78, 5) is 14.9. The van der Waals surface area contributed by atoms with E-state index in [1.165, 1.54) is 11.8 Å². The van der Waals surface area contributed by atoms with Crippen LogP contribution in [0, 0.1) is 0 Å². The Morgan fingerprint density at radius 2 is 1.88 bits per heavy atom. The first-order valence-corrected chi connectivity index (χ1v) is 12.0. The Labute approximate surface area is 197 Å². The molecule has 1 amide bonds. The number of morpholine rings is 1. The first-order valence-electron chi connectivity index (χ1n) is 10.6. The monoisotopic (exact) mass is 471 g/mol. The number of anilines is 1. The van der Waals surface area contributed by atoms with E-state index in [2.05, 4.69) is 27.3 Å². The molecule has 4 rings (SSSR count).